The smallest absolute Gasteiger partial charge is 0.305 e. The minimum Gasteiger partial charge on any atom is -0.483 e. The SMILES string of the molecule is CCOC(=O)CCCCn1nnnc1-c1ccc2c(c1)C=C(C)C(C)(C)O2. The molecular weight excluding hydrogens is 344 g/mol. The molecule has 1 aromatic heterocycles. The van der Waals surface area contributed by atoms with Gasteiger partial charge >= 0.3 is 5.97 Å². The Bertz CT molecular complexity index is 855. The van der Waals surface area contributed by atoms with Crippen LogP contribution in [0.4, 0.5) is 0 Å². The van der Waals surface area contributed by atoms with E-state index in [-0.39, 0.29) is 11.6 Å². The van der Waals surface area contributed by atoms with Gasteiger partial charge in [0.05, 0.1) is 6.61 Å². The van der Waals surface area contributed by atoms with E-state index in [0.717, 1.165) is 29.7 Å². The quantitative estimate of drug-likeness (QED) is 0.547. The van der Waals surface area contributed by atoms with E-state index in [1.165, 1.54) is 5.57 Å². The third kappa shape index (κ3) is 4.35. The minimum atomic E-state index is -0.297. The Kier molecular flexibility index (Phi) is 5.58. The molecule has 0 aliphatic carbocycles. The van der Waals surface area contributed by atoms with E-state index < -0.39 is 0 Å². The first-order valence-electron chi connectivity index (χ1n) is 9.34. The summed E-state index contributed by atoms with van der Waals surface area (Å²) in [6.07, 6.45) is 4.11. The molecule has 2 aromatic rings. The van der Waals surface area contributed by atoms with Crippen molar-refractivity contribution < 1.29 is 14.3 Å². The molecule has 1 aromatic carbocycles. The molecule has 144 valence electrons. The Labute approximate surface area is 159 Å². The number of hydrogen-bond acceptors (Lipinski definition) is 6. The second-order valence-corrected chi connectivity index (χ2v) is 7.18. The Morgan fingerprint density at radius 1 is 1.30 bits per heavy atom. The van der Waals surface area contributed by atoms with E-state index in [4.69, 9.17) is 9.47 Å². The molecule has 7 heteroatoms. The molecule has 0 saturated heterocycles. The maximum atomic E-state index is 11.4. The molecule has 1 aliphatic heterocycles. The summed E-state index contributed by atoms with van der Waals surface area (Å²) in [6, 6.07) is 5.99. The molecule has 1 aliphatic rings. The monoisotopic (exact) mass is 370 g/mol. The van der Waals surface area contributed by atoms with Crippen LogP contribution in [-0.4, -0.2) is 38.4 Å². The van der Waals surface area contributed by atoms with Crippen LogP contribution in [0.15, 0.2) is 23.8 Å². The molecule has 0 bridgehead atoms. The molecule has 2 heterocycles. The number of carbonyl (C=O) groups is 1. The summed E-state index contributed by atoms with van der Waals surface area (Å²) in [6.45, 7) is 9.08. The van der Waals surface area contributed by atoms with Gasteiger partial charge in [0.2, 0.25) is 0 Å². The summed E-state index contributed by atoms with van der Waals surface area (Å²) in [5.41, 5.74) is 2.85. The number of tetrazole rings is 1. The lowest BCUT2D eigenvalue weighted by atomic mass is 9.93. The normalized spacial score (nSPS) is 14.9. The van der Waals surface area contributed by atoms with Gasteiger partial charge in [-0.2, -0.15) is 0 Å². The van der Waals surface area contributed by atoms with Crippen LogP contribution >= 0.6 is 0 Å². The highest BCUT2D eigenvalue weighted by Gasteiger charge is 2.27. The Hall–Kier alpha value is -2.70. The Morgan fingerprint density at radius 2 is 2.11 bits per heavy atom. The highest BCUT2D eigenvalue weighted by Crippen LogP contribution is 2.37. The van der Waals surface area contributed by atoms with Gasteiger partial charge in [-0.25, -0.2) is 4.68 Å². The van der Waals surface area contributed by atoms with Crippen LogP contribution in [0.25, 0.3) is 17.5 Å². The van der Waals surface area contributed by atoms with Crippen molar-refractivity contribution >= 4 is 12.0 Å². The van der Waals surface area contributed by atoms with E-state index in [2.05, 4.69) is 48.4 Å². The lowest BCUT2D eigenvalue weighted by molar-refractivity contribution is -0.143. The van der Waals surface area contributed by atoms with Gasteiger partial charge in [-0.15, -0.1) is 5.10 Å². The zero-order valence-electron chi connectivity index (χ0n) is 16.4. The number of fused-ring (bicyclic) bond motifs is 1. The topological polar surface area (TPSA) is 79.1 Å². The first-order chi connectivity index (χ1) is 12.9. The van der Waals surface area contributed by atoms with Crippen molar-refractivity contribution in [3.05, 3.63) is 29.3 Å². The molecule has 3 rings (SSSR count). The van der Waals surface area contributed by atoms with Crippen LogP contribution in [-0.2, 0) is 16.1 Å². The van der Waals surface area contributed by atoms with Crippen molar-refractivity contribution in [3.8, 4) is 17.1 Å². The summed E-state index contributed by atoms with van der Waals surface area (Å²) in [5.74, 6) is 1.42. The summed E-state index contributed by atoms with van der Waals surface area (Å²) in [4.78, 5) is 11.4. The number of benzene rings is 1. The average Bonchev–Trinajstić information content (AvgIpc) is 3.08. The van der Waals surface area contributed by atoms with Crippen molar-refractivity contribution in [2.24, 2.45) is 0 Å². The number of ether oxygens (including phenoxy) is 2. The number of nitrogens with zero attached hydrogens (tertiary/aromatic N) is 4. The van der Waals surface area contributed by atoms with E-state index in [1.807, 2.05) is 19.1 Å². The first-order valence-corrected chi connectivity index (χ1v) is 9.34. The van der Waals surface area contributed by atoms with Crippen molar-refractivity contribution in [2.75, 3.05) is 6.61 Å². The zero-order chi connectivity index (χ0) is 19.4. The second kappa shape index (κ2) is 7.90. The van der Waals surface area contributed by atoms with E-state index >= 15 is 0 Å². The van der Waals surface area contributed by atoms with Crippen LogP contribution in [0.2, 0.25) is 0 Å². The molecule has 0 radical (unpaired) electrons. The van der Waals surface area contributed by atoms with Gasteiger partial charge in [0.15, 0.2) is 5.82 Å². The fourth-order valence-electron chi connectivity index (χ4n) is 2.98. The summed E-state index contributed by atoms with van der Waals surface area (Å²) in [7, 11) is 0. The molecular formula is C20H26N4O3. The molecule has 7 nitrogen and oxygen atoms in total. The predicted octanol–water partition coefficient (Wildman–Crippen LogP) is 3.65. The fourth-order valence-corrected chi connectivity index (χ4v) is 2.98. The molecule has 0 saturated carbocycles. The second-order valence-electron chi connectivity index (χ2n) is 7.18. The lowest BCUT2D eigenvalue weighted by Crippen LogP contribution is -2.31. The van der Waals surface area contributed by atoms with Gasteiger partial charge in [0.1, 0.15) is 11.4 Å². The summed E-state index contributed by atoms with van der Waals surface area (Å²) < 4.78 is 12.8. The lowest BCUT2D eigenvalue weighted by Gasteiger charge is -2.32. The third-order valence-electron chi connectivity index (χ3n) is 4.79. The highest BCUT2D eigenvalue weighted by molar-refractivity contribution is 5.70. The number of rotatable bonds is 7. The molecule has 0 unspecified atom stereocenters. The first kappa shape index (κ1) is 19.1. The van der Waals surface area contributed by atoms with Gasteiger partial charge < -0.3 is 9.47 Å². The van der Waals surface area contributed by atoms with Gasteiger partial charge in [0.25, 0.3) is 0 Å². The number of aromatic nitrogens is 4. The largest absolute Gasteiger partial charge is 0.483 e. The fraction of sp³-hybridized carbons (Fsp3) is 0.500. The maximum Gasteiger partial charge on any atom is 0.305 e. The van der Waals surface area contributed by atoms with Crippen molar-refractivity contribution in [2.45, 2.75) is 59.1 Å². The van der Waals surface area contributed by atoms with E-state index in [9.17, 15) is 4.79 Å². The van der Waals surface area contributed by atoms with Crippen molar-refractivity contribution in [1.29, 1.82) is 0 Å². The van der Waals surface area contributed by atoms with Crippen LogP contribution < -0.4 is 4.74 Å². The summed E-state index contributed by atoms with van der Waals surface area (Å²) >= 11 is 0. The van der Waals surface area contributed by atoms with Gasteiger partial charge in [0, 0.05) is 24.1 Å². The predicted molar refractivity (Wildman–Crippen MR) is 102 cm³/mol. The van der Waals surface area contributed by atoms with Crippen LogP contribution in [0.5, 0.6) is 5.75 Å². The number of unbranched alkanes of at least 4 members (excludes halogenated alkanes) is 1. The number of aryl methyl sites for hydroxylation is 1. The van der Waals surface area contributed by atoms with Gasteiger partial charge in [-0.3, -0.25) is 4.79 Å². The van der Waals surface area contributed by atoms with E-state index in [0.29, 0.717) is 25.4 Å². The summed E-state index contributed by atoms with van der Waals surface area (Å²) in [5, 5.41) is 12.1. The Morgan fingerprint density at radius 3 is 2.89 bits per heavy atom. The van der Waals surface area contributed by atoms with Crippen LogP contribution in [0.1, 0.15) is 52.5 Å². The molecule has 0 atom stereocenters. The van der Waals surface area contributed by atoms with Crippen LogP contribution in [0.3, 0.4) is 0 Å². The maximum absolute atomic E-state index is 11.4. The molecule has 0 spiro atoms. The number of carbonyl (C=O) groups excluding carboxylic acids is 1. The molecule has 27 heavy (non-hydrogen) atoms. The zero-order valence-corrected chi connectivity index (χ0v) is 16.4. The van der Waals surface area contributed by atoms with Gasteiger partial charge in [-0.05, 0) is 80.8 Å². The van der Waals surface area contributed by atoms with Gasteiger partial charge in [-0.1, -0.05) is 0 Å². The van der Waals surface area contributed by atoms with Crippen molar-refractivity contribution in [3.63, 3.8) is 0 Å². The number of hydrogen-bond donors (Lipinski definition) is 0. The van der Waals surface area contributed by atoms with Crippen LogP contribution in [0, 0.1) is 0 Å². The highest BCUT2D eigenvalue weighted by atomic mass is 16.5. The van der Waals surface area contributed by atoms with E-state index in [1.54, 1.807) is 4.68 Å². The standard InChI is InChI=1S/C20H26N4O3/c1-5-26-18(25)8-6-7-11-24-19(21-22-23-24)15-9-10-17-16(13-15)12-14(2)20(3,4)27-17/h9-10,12-13H,5-8,11H2,1-4H3. The molecule has 0 N–H and O–H groups in total. The number of esters is 1. The Balaban J connectivity index is 1.70. The molecule has 0 fully saturated rings. The average molecular weight is 370 g/mol. The molecule has 0 amide bonds. The third-order valence-corrected chi connectivity index (χ3v) is 4.79. The van der Waals surface area contributed by atoms with Crippen molar-refractivity contribution in [1.82, 2.24) is 20.2 Å². The minimum absolute atomic E-state index is 0.158.